The summed E-state index contributed by atoms with van der Waals surface area (Å²) in [6.45, 7) is 5.22. The molecule has 0 aliphatic carbocycles. The Morgan fingerprint density at radius 3 is 2.45 bits per heavy atom. The van der Waals surface area contributed by atoms with Crippen molar-refractivity contribution in [1.29, 1.82) is 0 Å². The maximum absolute atomic E-state index is 11.2. The van der Waals surface area contributed by atoms with Crippen LogP contribution in [0.25, 0.3) is 10.8 Å². The lowest BCUT2D eigenvalue weighted by Crippen LogP contribution is -2.16. The summed E-state index contributed by atoms with van der Waals surface area (Å²) in [5.41, 5.74) is 0. The number of fused-ring (bicyclic) bond motifs is 1. The molecule has 0 spiro atoms. The Bertz CT molecular complexity index is 607. The van der Waals surface area contributed by atoms with Crippen LogP contribution in [0.1, 0.15) is 13.8 Å². The van der Waals surface area contributed by atoms with Gasteiger partial charge in [0.2, 0.25) is 0 Å². The fraction of sp³-hybridized carbons (Fsp3) is 0.389. The van der Waals surface area contributed by atoms with E-state index < -0.39 is 0 Å². The fourth-order valence-electron chi connectivity index (χ4n) is 1.95. The van der Waals surface area contributed by atoms with Gasteiger partial charge in [0.15, 0.2) is 0 Å². The molecule has 0 N–H and O–H groups in total. The quantitative estimate of drug-likeness (QED) is 0.553. The Morgan fingerprint density at radius 1 is 0.955 bits per heavy atom. The van der Waals surface area contributed by atoms with E-state index in [-0.39, 0.29) is 18.5 Å². The monoisotopic (exact) mass is 302 g/mol. The summed E-state index contributed by atoms with van der Waals surface area (Å²) in [4.78, 5) is 11.2. The first kappa shape index (κ1) is 16.3. The zero-order valence-corrected chi connectivity index (χ0v) is 13.1. The lowest BCUT2D eigenvalue weighted by atomic mass is 10.1. The zero-order valence-electron chi connectivity index (χ0n) is 13.1. The van der Waals surface area contributed by atoms with Crippen molar-refractivity contribution in [3.63, 3.8) is 0 Å². The van der Waals surface area contributed by atoms with Crippen molar-refractivity contribution in [2.75, 3.05) is 26.4 Å². The maximum Gasteiger partial charge on any atom is 0.308 e. The number of rotatable bonds is 8. The molecule has 0 amide bonds. The van der Waals surface area contributed by atoms with Crippen LogP contribution in [-0.2, 0) is 14.3 Å². The van der Waals surface area contributed by atoms with Crippen molar-refractivity contribution in [3.05, 3.63) is 42.5 Å². The van der Waals surface area contributed by atoms with Crippen LogP contribution in [-0.4, -0.2) is 32.4 Å². The smallest absolute Gasteiger partial charge is 0.308 e. The van der Waals surface area contributed by atoms with E-state index in [1.54, 1.807) is 13.8 Å². The molecular weight excluding hydrogens is 280 g/mol. The number of esters is 1. The Morgan fingerprint density at radius 2 is 1.68 bits per heavy atom. The zero-order chi connectivity index (χ0) is 15.8. The van der Waals surface area contributed by atoms with E-state index in [0.29, 0.717) is 19.8 Å². The van der Waals surface area contributed by atoms with E-state index in [9.17, 15) is 4.79 Å². The summed E-state index contributed by atoms with van der Waals surface area (Å²) in [5, 5.41) is 2.35. The molecule has 0 unspecified atom stereocenters. The van der Waals surface area contributed by atoms with E-state index in [0.717, 1.165) is 11.1 Å². The number of hydrogen-bond donors (Lipinski definition) is 0. The second kappa shape index (κ2) is 8.39. The average Bonchev–Trinajstić information content (AvgIpc) is 2.53. The third kappa shape index (κ3) is 5.04. The van der Waals surface area contributed by atoms with Gasteiger partial charge in [-0.3, -0.25) is 4.79 Å². The van der Waals surface area contributed by atoms with Gasteiger partial charge < -0.3 is 14.2 Å². The summed E-state index contributed by atoms with van der Waals surface area (Å²) >= 11 is 0. The van der Waals surface area contributed by atoms with Crippen LogP contribution in [0.2, 0.25) is 0 Å². The van der Waals surface area contributed by atoms with E-state index >= 15 is 0 Å². The van der Waals surface area contributed by atoms with Crippen molar-refractivity contribution in [2.45, 2.75) is 13.8 Å². The largest absolute Gasteiger partial charge is 0.491 e. The number of ether oxygens (including phenoxy) is 3. The van der Waals surface area contributed by atoms with Gasteiger partial charge in [-0.25, -0.2) is 0 Å². The Kier molecular flexibility index (Phi) is 6.22. The van der Waals surface area contributed by atoms with E-state index in [2.05, 4.69) is 12.1 Å². The number of benzene rings is 2. The van der Waals surface area contributed by atoms with Gasteiger partial charge in [0.05, 0.1) is 19.1 Å². The van der Waals surface area contributed by atoms with Crippen LogP contribution in [0.4, 0.5) is 0 Å². The van der Waals surface area contributed by atoms with Crippen molar-refractivity contribution in [2.24, 2.45) is 5.92 Å². The molecule has 0 heterocycles. The predicted octanol–water partition coefficient (Wildman–Crippen LogP) is 3.43. The lowest BCUT2D eigenvalue weighted by Gasteiger charge is -2.09. The topological polar surface area (TPSA) is 44.8 Å². The minimum Gasteiger partial charge on any atom is -0.491 e. The van der Waals surface area contributed by atoms with Crippen LogP contribution >= 0.6 is 0 Å². The molecule has 118 valence electrons. The van der Waals surface area contributed by atoms with Gasteiger partial charge in [-0.05, 0) is 22.9 Å². The standard InChI is InChI=1S/C18H22O4/c1-14(2)18(19)22-12-10-20-9-11-21-17-8-7-15-5-3-4-6-16(15)13-17/h3-8,13-14H,9-12H2,1-2H3. The molecular formula is C18H22O4. The highest BCUT2D eigenvalue weighted by Gasteiger charge is 2.07. The molecule has 4 heteroatoms. The molecule has 22 heavy (non-hydrogen) atoms. The van der Waals surface area contributed by atoms with Gasteiger partial charge in [-0.2, -0.15) is 0 Å². The van der Waals surface area contributed by atoms with Gasteiger partial charge >= 0.3 is 5.97 Å². The minimum atomic E-state index is -0.198. The van der Waals surface area contributed by atoms with Gasteiger partial charge in [0, 0.05) is 0 Å². The molecule has 2 rings (SSSR count). The van der Waals surface area contributed by atoms with Crippen LogP contribution in [0.15, 0.2) is 42.5 Å². The summed E-state index contributed by atoms with van der Waals surface area (Å²) in [6.07, 6.45) is 0. The van der Waals surface area contributed by atoms with Crippen molar-refractivity contribution in [3.8, 4) is 5.75 Å². The Hall–Kier alpha value is -2.07. The Labute approximate surface area is 131 Å². The number of hydrogen-bond acceptors (Lipinski definition) is 4. The molecule has 0 atom stereocenters. The molecule has 4 nitrogen and oxygen atoms in total. The normalized spacial score (nSPS) is 10.9. The molecule has 0 aliphatic rings. The van der Waals surface area contributed by atoms with Gasteiger partial charge in [-0.15, -0.1) is 0 Å². The highest BCUT2D eigenvalue weighted by Crippen LogP contribution is 2.20. The van der Waals surface area contributed by atoms with Crippen molar-refractivity contribution in [1.82, 2.24) is 0 Å². The lowest BCUT2D eigenvalue weighted by molar-refractivity contribution is -0.148. The molecule has 0 saturated carbocycles. The second-order valence-corrected chi connectivity index (χ2v) is 5.29. The highest BCUT2D eigenvalue weighted by molar-refractivity contribution is 5.83. The maximum atomic E-state index is 11.2. The predicted molar refractivity (Wildman–Crippen MR) is 86.1 cm³/mol. The molecule has 2 aromatic carbocycles. The average molecular weight is 302 g/mol. The van der Waals surface area contributed by atoms with Gasteiger partial charge in [0.1, 0.15) is 19.0 Å². The molecule has 0 aromatic heterocycles. The van der Waals surface area contributed by atoms with Crippen LogP contribution < -0.4 is 4.74 Å². The minimum absolute atomic E-state index is 0.101. The van der Waals surface area contributed by atoms with E-state index in [1.165, 1.54) is 5.39 Å². The molecule has 2 aromatic rings. The Balaban J connectivity index is 1.63. The van der Waals surface area contributed by atoms with E-state index in [1.807, 2.05) is 30.3 Å². The first-order valence-corrected chi connectivity index (χ1v) is 7.53. The van der Waals surface area contributed by atoms with Gasteiger partial charge in [-0.1, -0.05) is 44.2 Å². The van der Waals surface area contributed by atoms with Gasteiger partial charge in [0.25, 0.3) is 0 Å². The molecule has 0 aliphatic heterocycles. The number of carbonyl (C=O) groups is 1. The fourth-order valence-corrected chi connectivity index (χ4v) is 1.95. The molecule has 0 fully saturated rings. The first-order valence-electron chi connectivity index (χ1n) is 7.53. The highest BCUT2D eigenvalue weighted by atomic mass is 16.6. The molecule has 0 saturated heterocycles. The molecule has 0 radical (unpaired) electrons. The molecule has 0 bridgehead atoms. The second-order valence-electron chi connectivity index (χ2n) is 5.29. The summed E-state index contributed by atoms with van der Waals surface area (Å²) in [5.74, 6) is 0.529. The van der Waals surface area contributed by atoms with Crippen LogP contribution in [0, 0.1) is 5.92 Å². The third-order valence-corrected chi connectivity index (χ3v) is 3.16. The van der Waals surface area contributed by atoms with Crippen molar-refractivity contribution < 1.29 is 19.0 Å². The summed E-state index contributed by atoms with van der Waals surface area (Å²) < 4.78 is 16.0. The van der Waals surface area contributed by atoms with Crippen LogP contribution in [0.5, 0.6) is 5.75 Å². The number of carbonyl (C=O) groups excluding carboxylic acids is 1. The third-order valence-electron chi connectivity index (χ3n) is 3.16. The summed E-state index contributed by atoms with van der Waals surface area (Å²) in [7, 11) is 0. The first-order chi connectivity index (χ1) is 10.7. The SMILES string of the molecule is CC(C)C(=O)OCCOCCOc1ccc2ccccc2c1. The summed E-state index contributed by atoms with van der Waals surface area (Å²) in [6, 6.07) is 14.2. The van der Waals surface area contributed by atoms with Crippen molar-refractivity contribution >= 4 is 16.7 Å². The van der Waals surface area contributed by atoms with Crippen LogP contribution in [0.3, 0.4) is 0 Å². The van der Waals surface area contributed by atoms with E-state index in [4.69, 9.17) is 14.2 Å².